The molecule has 2 heteroatoms. The van der Waals surface area contributed by atoms with Gasteiger partial charge in [0.25, 0.3) is 0 Å². The Bertz CT molecular complexity index is 456. The summed E-state index contributed by atoms with van der Waals surface area (Å²) in [4.78, 5) is 0. The molecule has 1 nitrogen and oxygen atoms in total. The molecule has 0 spiro atoms. The second kappa shape index (κ2) is 7.96. The average molecular weight is 262 g/mol. The van der Waals surface area contributed by atoms with Crippen molar-refractivity contribution in [3.63, 3.8) is 0 Å². The topological polar surface area (TPSA) is 20.2 Å². The predicted molar refractivity (Wildman–Crippen MR) is 77.3 cm³/mol. The molecule has 0 heterocycles. The van der Waals surface area contributed by atoms with Gasteiger partial charge in [0, 0.05) is 5.56 Å². The van der Waals surface area contributed by atoms with Crippen LogP contribution in [-0.4, -0.2) is 11.2 Å². The Kier molecular flexibility index (Phi) is 6.59. The second-order valence-corrected chi connectivity index (χ2v) is 4.98. The summed E-state index contributed by atoms with van der Waals surface area (Å²) in [5.41, 5.74) is 1.59. The molecule has 1 rings (SSSR count). The largest absolute Gasteiger partial charge is 0.380 e. The Labute approximate surface area is 115 Å². The summed E-state index contributed by atoms with van der Waals surface area (Å²) in [6, 6.07) is 4.53. The van der Waals surface area contributed by atoms with Crippen molar-refractivity contribution < 1.29 is 9.50 Å². The first-order chi connectivity index (χ1) is 9.08. The van der Waals surface area contributed by atoms with Crippen molar-refractivity contribution in [1.29, 1.82) is 0 Å². The molecular formula is C17H23FO. The summed E-state index contributed by atoms with van der Waals surface area (Å²) in [6.07, 6.45) is 3.59. The molecule has 0 aliphatic rings. The molecule has 2 atom stereocenters. The molecule has 19 heavy (non-hydrogen) atoms. The second-order valence-electron chi connectivity index (χ2n) is 4.98. The molecule has 1 aromatic rings. The van der Waals surface area contributed by atoms with Crippen LogP contribution in [0.2, 0.25) is 0 Å². The Morgan fingerprint density at radius 1 is 1.32 bits per heavy atom. The van der Waals surface area contributed by atoms with Crippen LogP contribution in [0.15, 0.2) is 18.2 Å². The van der Waals surface area contributed by atoms with Crippen LogP contribution in [0.5, 0.6) is 0 Å². The lowest BCUT2D eigenvalue weighted by molar-refractivity contribution is 0.150. The van der Waals surface area contributed by atoms with Gasteiger partial charge in [-0.1, -0.05) is 38.5 Å². The maximum Gasteiger partial charge on any atom is 0.123 e. The van der Waals surface area contributed by atoms with Crippen molar-refractivity contribution in [2.45, 2.75) is 52.6 Å². The number of aliphatic hydroxyl groups is 1. The number of hydrogen-bond acceptors (Lipinski definition) is 1. The van der Waals surface area contributed by atoms with E-state index in [0.29, 0.717) is 0 Å². The molecule has 0 aliphatic carbocycles. The summed E-state index contributed by atoms with van der Waals surface area (Å²) < 4.78 is 13.0. The van der Waals surface area contributed by atoms with Gasteiger partial charge in [-0.25, -0.2) is 4.39 Å². The quantitative estimate of drug-likeness (QED) is 0.793. The van der Waals surface area contributed by atoms with Gasteiger partial charge < -0.3 is 5.11 Å². The number of rotatable bonds is 5. The minimum Gasteiger partial charge on any atom is -0.380 e. The number of benzene rings is 1. The van der Waals surface area contributed by atoms with Crippen LogP contribution in [0.4, 0.5) is 4.39 Å². The van der Waals surface area contributed by atoms with Crippen molar-refractivity contribution in [2.24, 2.45) is 5.92 Å². The third kappa shape index (κ3) is 5.04. The van der Waals surface area contributed by atoms with Crippen LogP contribution in [0, 0.1) is 30.5 Å². The van der Waals surface area contributed by atoms with E-state index in [4.69, 9.17) is 0 Å². The van der Waals surface area contributed by atoms with Crippen molar-refractivity contribution >= 4 is 0 Å². The zero-order valence-electron chi connectivity index (χ0n) is 12.0. The van der Waals surface area contributed by atoms with Crippen LogP contribution >= 0.6 is 0 Å². The monoisotopic (exact) mass is 262 g/mol. The Hall–Kier alpha value is -1.33. The van der Waals surface area contributed by atoms with E-state index in [-0.39, 0.29) is 11.7 Å². The Morgan fingerprint density at radius 2 is 2.05 bits per heavy atom. The first kappa shape index (κ1) is 15.7. The molecule has 1 N–H and O–H groups in total. The van der Waals surface area contributed by atoms with Crippen molar-refractivity contribution in [1.82, 2.24) is 0 Å². The van der Waals surface area contributed by atoms with E-state index in [1.165, 1.54) is 12.1 Å². The van der Waals surface area contributed by atoms with E-state index >= 15 is 0 Å². The molecule has 0 saturated heterocycles. The van der Waals surface area contributed by atoms with E-state index in [2.05, 4.69) is 25.7 Å². The lowest BCUT2D eigenvalue weighted by Crippen LogP contribution is -2.17. The summed E-state index contributed by atoms with van der Waals surface area (Å²) in [7, 11) is 0. The number of unbranched alkanes of at least 4 members (excludes halogenated alkanes) is 1. The molecule has 0 fully saturated rings. The summed E-state index contributed by atoms with van der Waals surface area (Å²) in [5, 5.41) is 10.1. The maximum absolute atomic E-state index is 13.0. The molecule has 104 valence electrons. The van der Waals surface area contributed by atoms with Crippen molar-refractivity contribution in [3.05, 3.63) is 35.1 Å². The van der Waals surface area contributed by atoms with E-state index in [9.17, 15) is 9.50 Å². The highest BCUT2D eigenvalue weighted by Gasteiger charge is 2.14. The van der Waals surface area contributed by atoms with E-state index in [1.807, 2.05) is 6.92 Å². The molecule has 0 amide bonds. The van der Waals surface area contributed by atoms with Crippen LogP contribution in [0.25, 0.3) is 0 Å². The predicted octanol–water partition coefficient (Wildman–Crippen LogP) is 4.06. The summed E-state index contributed by atoms with van der Waals surface area (Å²) in [5.74, 6) is 5.84. The molecule has 1 aromatic carbocycles. The highest BCUT2D eigenvalue weighted by atomic mass is 19.1. The summed E-state index contributed by atoms with van der Waals surface area (Å²) in [6.45, 7) is 6.05. The van der Waals surface area contributed by atoms with Crippen molar-refractivity contribution in [3.8, 4) is 11.8 Å². The van der Waals surface area contributed by atoms with Gasteiger partial charge in [0.1, 0.15) is 11.9 Å². The van der Waals surface area contributed by atoms with Gasteiger partial charge in [0.2, 0.25) is 0 Å². The zero-order chi connectivity index (χ0) is 14.3. The number of halogens is 1. The summed E-state index contributed by atoms with van der Waals surface area (Å²) >= 11 is 0. The Balaban J connectivity index is 2.74. The lowest BCUT2D eigenvalue weighted by Gasteiger charge is -2.16. The van der Waals surface area contributed by atoms with Gasteiger partial charge in [-0.3, -0.25) is 0 Å². The van der Waals surface area contributed by atoms with E-state index in [1.54, 1.807) is 6.07 Å². The average Bonchev–Trinajstić information content (AvgIpc) is 2.38. The van der Waals surface area contributed by atoms with Crippen LogP contribution in [0.3, 0.4) is 0 Å². The number of aryl methyl sites for hydroxylation is 1. The van der Waals surface area contributed by atoms with Gasteiger partial charge in [0.15, 0.2) is 0 Å². The zero-order valence-corrected chi connectivity index (χ0v) is 12.0. The van der Waals surface area contributed by atoms with Gasteiger partial charge in [-0.05, 0) is 49.4 Å². The minimum absolute atomic E-state index is 0.230. The van der Waals surface area contributed by atoms with Crippen LogP contribution in [-0.2, 0) is 0 Å². The highest BCUT2D eigenvalue weighted by Crippen LogP contribution is 2.17. The number of aliphatic hydroxyl groups excluding tert-OH is 1. The third-order valence-electron chi connectivity index (χ3n) is 3.44. The number of hydrogen-bond donors (Lipinski definition) is 1. The van der Waals surface area contributed by atoms with Gasteiger partial charge in [-0.15, -0.1) is 0 Å². The molecular weight excluding hydrogens is 239 g/mol. The minimum atomic E-state index is -0.596. The van der Waals surface area contributed by atoms with Crippen LogP contribution < -0.4 is 0 Å². The standard InChI is InChI=1S/C17H23FO/c1-4-6-7-14(5-2)17(19)11-9-15-8-10-16(18)12-13(15)3/h8,10,12,14,17,19H,4-7H2,1-3H3. The molecule has 0 bridgehead atoms. The molecule has 2 unspecified atom stereocenters. The fourth-order valence-corrected chi connectivity index (χ4v) is 2.09. The maximum atomic E-state index is 13.0. The van der Waals surface area contributed by atoms with Gasteiger partial charge in [-0.2, -0.15) is 0 Å². The van der Waals surface area contributed by atoms with Crippen molar-refractivity contribution in [2.75, 3.05) is 0 Å². The molecule has 0 radical (unpaired) electrons. The fraction of sp³-hybridized carbons (Fsp3) is 0.529. The smallest absolute Gasteiger partial charge is 0.123 e. The molecule has 0 aliphatic heterocycles. The first-order valence-electron chi connectivity index (χ1n) is 7.04. The fourth-order valence-electron chi connectivity index (χ4n) is 2.09. The van der Waals surface area contributed by atoms with Gasteiger partial charge >= 0.3 is 0 Å². The SMILES string of the molecule is CCCCC(CC)C(O)C#Cc1ccc(F)cc1C. The highest BCUT2D eigenvalue weighted by molar-refractivity contribution is 5.41. The Morgan fingerprint density at radius 3 is 2.63 bits per heavy atom. The van der Waals surface area contributed by atoms with Crippen LogP contribution in [0.1, 0.15) is 50.7 Å². The molecule has 0 aromatic heterocycles. The normalized spacial score (nSPS) is 13.5. The first-order valence-corrected chi connectivity index (χ1v) is 7.04. The lowest BCUT2D eigenvalue weighted by atomic mass is 9.93. The molecule has 0 saturated carbocycles. The third-order valence-corrected chi connectivity index (χ3v) is 3.44. The van der Waals surface area contributed by atoms with E-state index in [0.717, 1.165) is 36.8 Å². The van der Waals surface area contributed by atoms with E-state index < -0.39 is 6.10 Å². The van der Waals surface area contributed by atoms with Gasteiger partial charge in [0.05, 0.1) is 0 Å².